The molecule has 5 nitrogen and oxygen atoms in total. The van der Waals surface area contributed by atoms with Gasteiger partial charge in [-0.1, -0.05) is 41.9 Å². The maximum Gasteiger partial charge on any atom is 0.343 e. The van der Waals surface area contributed by atoms with Crippen LogP contribution in [0.1, 0.15) is 54.2 Å². The van der Waals surface area contributed by atoms with E-state index in [2.05, 4.69) is 9.97 Å². The number of hydrogen-bond acceptors (Lipinski definition) is 4. The molecule has 0 amide bonds. The van der Waals surface area contributed by atoms with E-state index < -0.39 is 5.63 Å². The van der Waals surface area contributed by atoms with Crippen LogP contribution in [-0.2, 0) is 12.8 Å². The number of aromatic amines is 1. The number of benzene rings is 2. The molecule has 0 radical (unpaired) electrons. The van der Waals surface area contributed by atoms with Crippen molar-refractivity contribution in [2.45, 2.75) is 44.4 Å². The van der Waals surface area contributed by atoms with E-state index in [1.54, 1.807) is 6.07 Å². The molecule has 2 heterocycles. The molecule has 1 saturated carbocycles. The van der Waals surface area contributed by atoms with Gasteiger partial charge in [0.05, 0.1) is 5.56 Å². The van der Waals surface area contributed by atoms with E-state index in [-0.39, 0.29) is 11.7 Å². The number of unbranched alkanes of at least 4 members (excludes halogenated alkanes) is 1. The molecule has 174 valence electrons. The smallest absolute Gasteiger partial charge is 0.343 e. The lowest BCUT2D eigenvalue weighted by Gasteiger charge is -2.17. The molecular formula is C28H27ClN2O3. The van der Waals surface area contributed by atoms with Crippen LogP contribution < -0.4 is 5.63 Å². The van der Waals surface area contributed by atoms with E-state index in [4.69, 9.17) is 16.0 Å². The minimum absolute atomic E-state index is 0.0492. The van der Waals surface area contributed by atoms with E-state index in [0.717, 1.165) is 54.7 Å². The van der Waals surface area contributed by atoms with E-state index in [1.165, 1.54) is 0 Å². The molecule has 1 aliphatic rings. The largest absolute Gasteiger partial charge is 0.507 e. The average molecular weight is 475 g/mol. The van der Waals surface area contributed by atoms with Crippen molar-refractivity contribution in [3.8, 4) is 17.1 Å². The van der Waals surface area contributed by atoms with Gasteiger partial charge in [-0.15, -0.1) is 0 Å². The van der Waals surface area contributed by atoms with Gasteiger partial charge in [0.1, 0.15) is 17.3 Å². The van der Waals surface area contributed by atoms with Gasteiger partial charge in [0.2, 0.25) is 0 Å². The van der Waals surface area contributed by atoms with Crippen LogP contribution >= 0.6 is 11.6 Å². The summed E-state index contributed by atoms with van der Waals surface area (Å²) in [6, 6.07) is 19.1. The zero-order chi connectivity index (χ0) is 23.5. The lowest BCUT2D eigenvalue weighted by molar-refractivity contribution is 0.400. The normalized spacial score (nSPS) is 14.3. The van der Waals surface area contributed by atoms with Gasteiger partial charge in [-0.3, -0.25) is 0 Å². The van der Waals surface area contributed by atoms with E-state index >= 15 is 0 Å². The Bertz CT molecular complexity index is 1310. The molecule has 1 unspecified atom stereocenters. The Morgan fingerprint density at radius 3 is 2.50 bits per heavy atom. The van der Waals surface area contributed by atoms with Gasteiger partial charge >= 0.3 is 5.63 Å². The first-order valence-corrected chi connectivity index (χ1v) is 12.2. The third-order valence-electron chi connectivity index (χ3n) is 6.45. The number of imidazole rings is 1. The first-order valence-electron chi connectivity index (χ1n) is 11.8. The SMILES string of the molecule is O=c1oc(CCCCc2cnc(-c3ccc(Cl)cc3)[nH]2)cc(O)c1C(c1ccccc1)C1CC1. The monoisotopic (exact) mass is 474 g/mol. The number of nitrogens with zero attached hydrogens (tertiary/aromatic N) is 1. The van der Waals surface area contributed by atoms with Crippen LogP contribution in [0.5, 0.6) is 5.75 Å². The summed E-state index contributed by atoms with van der Waals surface area (Å²) in [7, 11) is 0. The van der Waals surface area contributed by atoms with Crippen LogP contribution in [0.4, 0.5) is 0 Å². The number of rotatable bonds is 9. The molecular weight excluding hydrogens is 448 g/mol. The van der Waals surface area contributed by atoms with Gasteiger partial charge in [0.25, 0.3) is 0 Å². The van der Waals surface area contributed by atoms with Gasteiger partial charge in [-0.2, -0.15) is 0 Å². The Kier molecular flexibility index (Phi) is 6.54. The number of hydrogen-bond donors (Lipinski definition) is 2. The number of aromatic nitrogens is 2. The number of aryl methyl sites for hydroxylation is 2. The highest BCUT2D eigenvalue weighted by atomic mass is 35.5. The van der Waals surface area contributed by atoms with Crippen molar-refractivity contribution in [1.82, 2.24) is 9.97 Å². The highest BCUT2D eigenvalue weighted by Crippen LogP contribution is 2.47. The van der Waals surface area contributed by atoms with Crippen LogP contribution in [0.2, 0.25) is 5.02 Å². The van der Waals surface area contributed by atoms with E-state index in [9.17, 15) is 9.90 Å². The van der Waals surface area contributed by atoms with Crippen molar-refractivity contribution in [3.05, 3.63) is 105 Å². The lowest BCUT2D eigenvalue weighted by Crippen LogP contribution is -2.16. The molecule has 5 rings (SSSR count). The lowest BCUT2D eigenvalue weighted by atomic mass is 9.87. The van der Waals surface area contributed by atoms with Crippen molar-refractivity contribution in [2.24, 2.45) is 5.92 Å². The molecule has 1 aliphatic carbocycles. The molecule has 1 fully saturated rings. The molecule has 6 heteroatoms. The maximum absolute atomic E-state index is 12.9. The fraction of sp³-hybridized carbons (Fsp3) is 0.286. The van der Waals surface area contributed by atoms with Crippen molar-refractivity contribution in [2.75, 3.05) is 0 Å². The quantitative estimate of drug-likeness (QED) is 0.271. The summed E-state index contributed by atoms with van der Waals surface area (Å²) in [5, 5.41) is 11.5. The van der Waals surface area contributed by atoms with Crippen molar-refractivity contribution < 1.29 is 9.52 Å². The van der Waals surface area contributed by atoms with Crippen molar-refractivity contribution in [1.29, 1.82) is 0 Å². The predicted molar refractivity (Wildman–Crippen MR) is 133 cm³/mol. The predicted octanol–water partition coefficient (Wildman–Crippen LogP) is 6.50. The highest BCUT2D eigenvalue weighted by Gasteiger charge is 2.37. The minimum Gasteiger partial charge on any atom is -0.507 e. The third-order valence-corrected chi connectivity index (χ3v) is 6.70. The van der Waals surface area contributed by atoms with Crippen LogP contribution in [0, 0.1) is 5.92 Å². The van der Waals surface area contributed by atoms with Gasteiger partial charge in [-0.05, 0) is 67.9 Å². The Balaban J connectivity index is 1.21. The number of H-pyrrole nitrogens is 1. The summed E-state index contributed by atoms with van der Waals surface area (Å²) in [4.78, 5) is 20.7. The molecule has 2 aromatic carbocycles. The second-order valence-electron chi connectivity index (χ2n) is 9.00. The fourth-order valence-electron chi connectivity index (χ4n) is 4.57. The average Bonchev–Trinajstić information content (AvgIpc) is 3.57. The van der Waals surface area contributed by atoms with Crippen LogP contribution in [0.15, 0.2) is 76.1 Å². The Morgan fingerprint density at radius 1 is 1.06 bits per heavy atom. The standard InChI is InChI=1S/C28H27ClN2O3/c29-21-14-12-20(13-15-21)27-30-17-22(31-27)8-4-5-9-23-16-24(32)26(28(33)34-23)25(19-10-11-19)18-6-2-1-3-7-18/h1-3,6-7,12-17,19,25,32H,4-5,8-11H2,(H,30,31). The van der Waals surface area contributed by atoms with Crippen LogP contribution in [-0.4, -0.2) is 15.1 Å². The zero-order valence-electron chi connectivity index (χ0n) is 18.8. The summed E-state index contributed by atoms with van der Waals surface area (Å²) in [5.41, 5.74) is 3.08. The van der Waals surface area contributed by atoms with Crippen LogP contribution in [0.3, 0.4) is 0 Å². The first kappa shape index (κ1) is 22.5. The Morgan fingerprint density at radius 2 is 1.79 bits per heavy atom. The number of halogens is 1. The van der Waals surface area contributed by atoms with Gasteiger partial charge in [0, 0.05) is 40.9 Å². The molecule has 2 aromatic heterocycles. The van der Waals surface area contributed by atoms with E-state index in [0.29, 0.717) is 28.7 Å². The second-order valence-corrected chi connectivity index (χ2v) is 9.43. The summed E-state index contributed by atoms with van der Waals surface area (Å²) < 4.78 is 5.65. The highest BCUT2D eigenvalue weighted by molar-refractivity contribution is 6.30. The molecule has 0 aliphatic heterocycles. The Labute approximate surface area is 203 Å². The zero-order valence-corrected chi connectivity index (χ0v) is 19.6. The second kappa shape index (κ2) is 9.90. The van der Waals surface area contributed by atoms with Gasteiger partial charge < -0.3 is 14.5 Å². The first-order chi connectivity index (χ1) is 16.6. The van der Waals surface area contributed by atoms with E-state index in [1.807, 2.05) is 60.8 Å². The number of nitrogens with one attached hydrogen (secondary N) is 1. The maximum atomic E-state index is 12.9. The molecule has 2 N–H and O–H groups in total. The molecule has 0 bridgehead atoms. The fourth-order valence-corrected chi connectivity index (χ4v) is 4.69. The van der Waals surface area contributed by atoms with Gasteiger partial charge in [0.15, 0.2) is 0 Å². The molecule has 4 aromatic rings. The summed E-state index contributed by atoms with van der Waals surface area (Å²) in [6.07, 6.45) is 7.16. The minimum atomic E-state index is -0.420. The molecule has 0 spiro atoms. The summed E-state index contributed by atoms with van der Waals surface area (Å²) in [6.45, 7) is 0. The van der Waals surface area contributed by atoms with Gasteiger partial charge in [-0.25, -0.2) is 9.78 Å². The van der Waals surface area contributed by atoms with Crippen molar-refractivity contribution >= 4 is 11.6 Å². The molecule has 1 atom stereocenters. The topological polar surface area (TPSA) is 79.1 Å². The summed E-state index contributed by atoms with van der Waals surface area (Å²) >= 11 is 5.95. The van der Waals surface area contributed by atoms with Crippen LogP contribution in [0.25, 0.3) is 11.4 Å². The summed E-state index contributed by atoms with van der Waals surface area (Å²) in [5.74, 6) is 1.67. The third kappa shape index (κ3) is 5.10. The number of aromatic hydroxyl groups is 1. The Hall–Kier alpha value is -3.31. The molecule has 0 saturated heterocycles. The molecule has 34 heavy (non-hydrogen) atoms. The van der Waals surface area contributed by atoms with Crippen molar-refractivity contribution in [3.63, 3.8) is 0 Å².